The van der Waals surface area contributed by atoms with E-state index in [0.29, 0.717) is 11.5 Å². The Morgan fingerprint density at radius 1 is 1.00 bits per heavy atom. The Bertz CT molecular complexity index is 1160. The van der Waals surface area contributed by atoms with Crippen LogP contribution in [0.4, 0.5) is 5.82 Å². The molecule has 0 aromatic carbocycles. The van der Waals surface area contributed by atoms with Crippen LogP contribution in [0.3, 0.4) is 0 Å². The van der Waals surface area contributed by atoms with Crippen LogP contribution in [0.1, 0.15) is 12.8 Å². The Hall–Kier alpha value is -3.42. The first-order valence-corrected chi connectivity index (χ1v) is 8.97. The van der Waals surface area contributed by atoms with Gasteiger partial charge in [-0.05, 0) is 12.1 Å². The van der Waals surface area contributed by atoms with E-state index in [4.69, 9.17) is 4.74 Å². The highest BCUT2D eigenvalue weighted by Gasteiger charge is 2.22. The molecule has 1 aliphatic rings. The van der Waals surface area contributed by atoms with Crippen molar-refractivity contribution in [2.45, 2.75) is 18.9 Å². The molecule has 1 fully saturated rings. The van der Waals surface area contributed by atoms with Gasteiger partial charge in [0, 0.05) is 56.5 Å². The third-order valence-corrected chi connectivity index (χ3v) is 4.84. The number of ether oxygens (including phenoxy) is 1. The summed E-state index contributed by atoms with van der Waals surface area (Å²) in [7, 11) is 0. The molecule has 1 saturated heterocycles. The monoisotopic (exact) mass is 362 g/mol. The fourth-order valence-electron chi connectivity index (χ4n) is 3.44. The molecule has 8 nitrogen and oxygen atoms in total. The Kier molecular flexibility index (Phi) is 3.74. The number of anilines is 1. The summed E-state index contributed by atoms with van der Waals surface area (Å²) in [5.41, 5.74) is 1.37. The van der Waals surface area contributed by atoms with Crippen molar-refractivity contribution in [1.29, 1.82) is 0 Å². The van der Waals surface area contributed by atoms with Crippen LogP contribution in [-0.4, -0.2) is 43.2 Å². The van der Waals surface area contributed by atoms with Crippen molar-refractivity contribution in [3.63, 3.8) is 0 Å². The molecule has 5 rings (SSSR count). The third kappa shape index (κ3) is 2.99. The molecule has 0 N–H and O–H groups in total. The molecule has 0 radical (unpaired) electrons. The predicted molar refractivity (Wildman–Crippen MR) is 100 cm³/mol. The Morgan fingerprint density at radius 2 is 1.89 bits per heavy atom. The summed E-state index contributed by atoms with van der Waals surface area (Å²) in [6.45, 7) is 1.57. The topological polar surface area (TPSA) is 77.0 Å². The van der Waals surface area contributed by atoms with Crippen LogP contribution >= 0.6 is 0 Å². The van der Waals surface area contributed by atoms with Crippen LogP contribution in [0.15, 0.2) is 59.8 Å². The molecule has 0 aliphatic carbocycles. The molecule has 136 valence electrons. The van der Waals surface area contributed by atoms with Crippen molar-refractivity contribution < 1.29 is 4.74 Å². The van der Waals surface area contributed by atoms with Gasteiger partial charge in [-0.1, -0.05) is 6.07 Å². The molecule has 0 atom stereocenters. The van der Waals surface area contributed by atoms with Crippen LogP contribution in [-0.2, 0) is 0 Å². The quantitative estimate of drug-likeness (QED) is 0.553. The number of hydrogen-bond acceptors (Lipinski definition) is 6. The van der Waals surface area contributed by atoms with E-state index < -0.39 is 0 Å². The van der Waals surface area contributed by atoms with E-state index in [1.54, 1.807) is 27.4 Å². The molecule has 4 aromatic heterocycles. The van der Waals surface area contributed by atoms with Gasteiger partial charge in [-0.3, -0.25) is 9.20 Å². The molecule has 0 bridgehead atoms. The summed E-state index contributed by atoms with van der Waals surface area (Å²) in [5, 5.41) is 4.14. The SMILES string of the molecule is O=c1cc(N2CCC(Oc3ccn4nccc4n3)CC2)nc2ccccn12. The molecule has 1 aliphatic heterocycles. The normalized spacial score (nSPS) is 15.5. The minimum absolute atomic E-state index is 0.0627. The lowest BCUT2D eigenvalue weighted by atomic mass is 10.1. The lowest BCUT2D eigenvalue weighted by Crippen LogP contribution is -2.39. The zero-order valence-corrected chi connectivity index (χ0v) is 14.6. The largest absolute Gasteiger partial charge is 0.474 e. The first kappa shape index (κ1) is 15.8. The van der Waals surface area contributed by atoms with Crippen LogP contribution in [0.25, 0.3) is 11.3 Å². The molecule has 0 saturated carbocycles. The van der Waals surface area contributed by atoms with Gasteiger partial charge in [-0.2, -0.15) is 10.1 Å². The highest BCUT2D eigenvalue weighted by Crippen LogP contribution is 2.21. The predicted octanol–water partition coefficient (Wildman–Crippen LogP) is 1.79. The number of hydrogen-bond donors (Lipinski definition) is 0. The first-order valence-electron chi connectivity index (χ1n) is 8.97. The van der Waals surface area contributed by atoms with Gasteiger partial charge in [-0.15, -0.1) is 0 Å². The molecule has 0 unspecified atom stereocenters. The van der Waals surface area contributed by atoms with E-state index in [0.717, 1.165) is 37.4 Å². The molecule has 5 heterocycles. The zero-order chi connectivity index (χ0) is 18.2. The average Bonchev–Trinajstić information content (AvgIpc) is 3.16. The van der Waals surface area contributed by atoms with Crippen LogP contribution in [0.5, 0.6) is 5.88 Å². The van der Waals surface area contributed by atoms with Crippen molar-refractivity contribution in [3.8, 4) is 5.88 Å². The average molecular weight is 362 g/mol. The maximum Gasteiger partial charge on any atom is 0.259 e. The van der Waals surface area contributed by atoms with Gasteiger partial charge in [0.1, 0.15) is 17.6 Å². The van der Waals surface area contributed by atoms with Gasteiger partial charge in [0.2, 0.25) is 5.88 Å². The minimum atomic E-state index is -0.0627. The van der Waals surface area contributed by atoms with Crippen LogP contribution in [0, 0.1) is 0 Å². The Morgan fingerprint density at radius 3 is 2.78 bits per heavy atom. The van der Waals surface area contributed by atoms with Crippen molar-refractivity contribution in [3.05, 3.63) is 65.3 Å². The Balaban J connectivity index is 1.29. The number of piperidine rings is 1. The number of nitrogens with zero attached hydrogens (tertiary/aromatic N) is 6. The third-order valence-electron chi connectivity index (χ3n) is 4.84. The van der Waals surface area contributed by atoms with E-state index in [2.05, 4.69) is 20.0 Å². The maximum atomic E-state index is 12.3. The standard InChI is InChI=1S/C19H18N6O2/c26-19-13-17(21-15-3-1-2-9-24(15)19)23-10-5-14(6-11-23)27-18-7-12-25-16(22-18)4-8-20-25/h1-4,7-9,12-14H,5-6,10-11H2. The fourth-order valence-corrected chi connectivity index (χ4v) is 3.44. The van der Waals surface area contributed by atoms with Gasteiger partial charge in [0.05, 0.1) is 6.20 Å². The highest BCUT2D eigenvalue weighted by molar-refractivity contribution is 5.48. The lowest BCUT2D eigenvalue weighted by Gasteiger charge is -2.32. The summed E-state index contributed by atoms with van der Waals surface area (Å²) in [4.78, 5) is 23.5. The van der Waals surface area contributed by atoms with E-state index in [9.17, 15) is 4.79 Å². The number of fused-ring (bicyclic) bond motifs is 2. The number of aromatic nitrogens is 5. The first-order chi connectivity index (χ1) is 13.3. The minimum Gasteiger partial charge on any atom is -0.474 e. The summed E-state index contributed by atoms with van der Waals surface area (Å²) in [6.07, 6.45) is 7.09. The van der Waals surface area contributed by atoms with Crippen molar-refractivity contribution in [2.24, 2.45) is 0 Å². The van der Waals surface area contributed by atoms with E-state index >= 15 is 0 Å². The smallest absolute Gasteiger partial charge is 0.259 e. The van der Waals surface area contributed by atoms with Gasteiger partial charge in [-0.25, -0.2) is 9.50 Å². The van der Waals surface area contributed by atoms with Gasteiger partial charge in [0.15, 0.2) is 5.65 Å². The van der Waals surface area contributed by atoms with Crippen molar-refractivity contribution >= 4 is 17.1 Å². The number of rotatable bonds is 3. The molecule has 0 amide bonds. The van der Waals surface area contributed by atoms with Crippen molar-refractivity contribution in [2.75, 3.05) is 18.0 Å². The van der Waals surface area contributed by atoms with E-state index in [1.165, 1.54) is 0 Å². The summed E-state index contributed by atoms with van der Waals surface area (Å²) >= 11 is 0. The van der Waals surface area contributed by atoms with E-state index in [1.807, 2.05) is 36.5 Å². The molecule has 4 aromatic rings. The molecule has 27 heavy (non-hydrogen) atoms. The molecule has 8 heteroatoms. The summed E-state index contributed by atoms with van der Waals surface area (Å²) in [5.74, 6) is 1.34. The van der Waals surface area contributed by atoms with Gasteiger partial charge in [0.25, 0.3) is 5.56 Å². The summed E-state index contributed by atoms with van der Waals surface area (Å²) in [6, 6.07) is 10.8. The molecule has 0 spiro atoms. The summed E-state index contributed by atoms with van der Waals surface area (Å²) < 4.78 is 9.31. The second-order valence-corrected chi connectivity index (χ2v) is 6.59. The fraction of sp³-hybridized carbons (Fsp3) is 0.263. The number of pyridine rings is 1. The highest BCUT2D eigenvalue weighted by atomic mass is 16.5. The molecular formula is C19H18N6O2. The zero-order valence-electron chi connectivity index (χ0n) is 14.6. The second kappa shape index (κ2) is 6.39. The van der Waals surface area contributed by atoms with Gasteiger partial charge >= 0.3 is 0 Å². The molecular weight excluding hydrogens is 344 g/mol. The maximum absolute atomic E-state index is 12.3. The van der Waals surface area contributed by atoms with Crippen molar-refractivity contribution in [1.82, 2.24) is 24.0 Å². The lowest BCUT2D eigenvalue weighted by molar-refractivity contribution is 0.164. The van der Waals surface area contributed by atoms with Crippen LogP contribution in [0.2, 0.25) is 0 Å². The van der Waals surface area contributed by atoms with Gasteiger partial charge < -0.3 is 9.64 Å². The van der Waals surface area contributed by atoms with Crippen LogP contribution < -0.4 is 15.2 Å². The second-order valence-electron chi connectivity index (χ2n) is 6.59. The Labute approximate surface area is 154 Å². The van der Waals surface area contributed by atoms with E-state index in [-0.39, 0.29) is 11.7 Å².